The zero-order valence-electron chi connectivity index (χ0n) is 23.5. The summed E-state index contributed by atoms with van der Waals surface area (Å²) < 4.78 is 15.0. The average Bonchev–Trinajstić information content (AvgIpc) is 2.91. The number of aryl methyl sites for hydroxylation is 2. The van der Waals surface area contributed by atoms with Crippen LogP contribution in [-0.2, 0) is 19.0 Å². The Bertz CT molecular complexity index is 1040. The molecule has 0 radical (unpaired) electrons. The van der Waals surface area contributed by atoms with Crippen LogP contribution in [0.15, 0.2) is 46.2 Å². The Morgan fingerprint density at radius 3 is 2.16 bits per heavy atom. The number of esters is 3. The lowest BCUT2D eigenvalue weighted by molar-refractivity contribution is -0.144. The zero-order chi connectivity index (χ0) is 28.5. The molecule has 0 saturated carbocycles. The van der Waals surface area contributed by atoms with Crippen molar-refractivity contribution in [2.45, 2.75) is 76.5 Å². The molecule has 0 aliphatic heterocycles. The lowest BCUT2D eigenvalue weighted by Gasteiger charge is -2.14. The van der Waals surface area contributed by atoms with Crippen LogP contribution in [0, 0.1) is 19.8 Å². The minimum atomic E-state index is -0.336. The van der Waals surface area contributed by atoms with Crippen LogP contribution in [-0.4, -0.2) is 44.0 Å². The van der Waals surface area contributed by atoms with Gasteiger partial charge in [-0.25, -0.2) is 9.59 Å². The van der Waals surface area contributed by atoms with Crippen molar-refractivity contribution < 1.29 is 28.6 Å². The summed E-state index contributed by atoms with van der Waals surface area (Å²) in [7, 11) is 1.37. The van der Waals surface area contributed by atoms with Crippen molar-refractivity contribution in [1.29, 1.82) is 0 Å². The van der Waals surface area contributed by atoms with E-state index in [1.54, 1.807) is 43.0 Å². The van der Waals surface area contributed by atoms with Gasteiger partial charge in [-0.3, -0.25) is 4.79 Å². The Morgan fingerprint density at radius 1 is 0.921 bits per heavy atom. The molecular formula is C30H42O6S2. The Morgan fingerprint density at radius 2 is 1.58 bits per heavy atom. The fourth-order valence-electron chi connectivity index (χ4n) is 3.48. The second-order valence-electron chi connectivity index (χ2n) is 8.89. The molecule has 2 rings (SSSR count). The van der Waals surface area contributed by atoms with Crippen molar-refractivity contribution in [3.05, 3.63) is 58.7 Å². The number of carbonyl (C=O) groups is 3. The Kier molecular flexibility index (Phi) is 16.6. The molecule has 8 heteroatoms. The van der Waals surface area contributed by atoms with Gasteiger partial charge in [0.2, 0.25) is 0 Å². The summed E-state index contributed by atoms with van der Waals surface area (Å²) in [5.74, 6) is 0.398. The lowest BCUT2D eigenvalue weighted by atomic mass is 10.0. The summed E-state index contributed by atoms with van der Waals surface area (Å²) in [6, 6.07) is 10.7. The van der Waals surface area contributed by atoms with Crippen LogP contribution >= 0.6 is 24.4 Å². The third kappa shape index (κ3) is 12.4. The number of unbranched alkanes of at least 4 members (excludes halogenated alkanes) is 1. The standard InChI is InChI=1S/C20H30O4S.C10H12O2S/c1-5-7-8-16(6-2)14-24-19(21)11-12-25-18-10-9-17(13-15(18)3)20(22)23-4;1-3-12-10(11)8-4-5-9(13)7(2)6-8/h9-10,13,16H,5-8,11-12,14H2,1-4H3;4-6,13H,3H2,1-2H3. The molecule has 38 heavy (non-hydrogen) atoms. The molecule has 0 aromatic heterocycles. The highest BCUT2D eigenvalue weighted by Gasteiger charge is 2.12. The predicted octanol–water partition coefficient (Wildman–Crippen LogP) is 7.48. The van der Waals surface area contributed by atoms with Gasteiger partial charge in [-0.05, 0) is 80.6 Å². The highest BCUT2D eigenvalue weighted by molar-refractivity contribution is 7.99. The number of rotatable bonds is 13. The maximum atomic E-state index is 11.9. The molecule has 0 N–H and O–H groups in total. The molecule has 0 aliphatic carbocycles. The van der Waals surface area contributed by atoms with Gasteiger partial charge in [0.25, 0.3) is 0 Å². The smallest absolute Gasteiger partial charge is 0.338 e. The van der Waals surface area contributed by atoms with Gasteiger partial charge in [0.05, 0.1) is 37.9 Å². The number of hydrogen-bond acceptors (Lipinski definition) is 8. The fraction of sp³-hybridized carbons (Fsp3) is 0.500. The van der Waals surface area contributed by atoms with Gasteiger partial charge in [0.1, 0.15) is 0 Å². The second-order valence-corrected chi connectivity index (χ2v) is 10.5. The maximum absolute atomic E-state index is 11.9. The van der Waals surface area contributed by atoms with Crippen LogP contribution in [0.1, 0.15) is 84.7 Å². The van der Waals surface area contributed by atoms with E-state index in [0.29, 0.717) is 42.4 Å². The van der Waals surface area contributed by atoms with Crippen LogP contribution in [0.3, 0.4) is 0 Å². The SMILES string of the molecule is CCCCC(CC)COC(=O)CCSc1ccc(C(=O)OC)cc1C.CCOC(=O)c1ccc(S)c(C)c1. The van der Waals surface area contributed by atoms with E-state index < -0.39 is 0 Å². The number of thioether (sulfide) groups is 1. The third-order valence-electron chi connectivity index (χ3n) is 5.89. The summed E-state index contributed by atoms with van der Waals surface area (Å²) in [5.41, 5.74) is 3.11. The molecule has 0 bridgehead atoms. The van der Waals surface area contributed by atoms with E-state index in [1.807, 2.05) is 26.0 Å². The number of carbonyl (C=O) groups excluding carboxylic acids is 3. The predicted molar refractivity (Wildman–Crippen MR) is 157 cm³/mol. The monoisotopic (exact) mass is 562 g/mol. The highest BCUT2D eigenvalue weighted by Crippen LogP contribution is 2.24. The average molecular weight is 563 g/mol. The first-order chi connectivity index (χ1) is 18.2. The molecule has 0 spiro atoms. The van der Waals surface area contributed by atoms with E-state index in [0.717, 1.165) is 33.8 Å². The van der Waals surface area contributed by atoms with Gasteiger partial charge in [0.15, 0.2) is 0 Å². The topological polar surface area (TPSA) is 78.9 Å². The van der Waals surface area contributed by atoms with E-state index in [2.05, 4.69) is 26.5 Å². The van der Waals surface area contributed by atoms with Crippen molar-refractivity contribution in [3.8, 4) is 0 Å². The van der Waals surface area contributed by atoms with E-state index in [1.165, 1.54) is 20.0 Å². The first-order valence-electron chi connectivity index (χ1n) is 13.1. The molecule has 1 atom stereocenters. The highest BCUT2D eigenvalue weighted by atomic mass is 32.2. The Labute approximate surface area is 237 Å². The first-order valence-corrected chi connectivity index (χ1v) is 14.5. The van der Waals surface area contributed by atoms with Gasteiger partial charge in [0, 0.05) is 15.5 Å². The molecule has 0 aliphatic rings. The largest absolute Gasteiger partial charge is 0.465 e. The van der Waals surface area contributed by atoms with Gasteiger partial charge in [-0.2, -0.15) is 0 Å². The molecule has 0 fully saturated rings. The molecule has 0 saturated heterocycles. The first kappa shape index (κ1) is 33.6. The van der Waals surface area contributed by atoms with Crippen LogP contribution in [0.5, 0.6) is 0 Å². The fourth-order valence-corrected chi connectivity index (χ4v) is 4.56. The maximum Gasteiger partial charge on any atom is 0.338 e. The molecule has 210 valence electrons. The van der Waals surface area contributed by atoms with Crippen molar-refractivity contribution in [3.63, 3.8) is 0 Å². The third-order valence-corrected chi connectivity index (χ3v) is 7.57. The molecule has 2 aromatic carbocycles. The van der Waals surface area contributed by atoms with Crippen LogP contribution < -0.4 is 0 Å². The molecule has 0 amide bonds. The Hall–Kier alpha value is -2.45. The van der Waals surface area contributed by atoms with Gasteiger partial charge in [-0.15, -0.1) is 24.4 Å². The van der Waals surface area contributed by atoms with Crippen LogP contribution in [0.4, 0.5) is 0 Å². The molecule has 1 unspecified atom stereocenters. The summed E-state index contributed by atoms with van der Waals surface area (Å²) in [5, 5.41) is 0. The van der Waals surface area contributed by atoms with Gasteiger partial charge >= 0.3 is 17.9 Å². The van der Waals surface area contributed by atoms with Crippen molar-refractivity contribution in [1.82, 2.24) is 0 Å². The number of hydrogen-bond donors (Lipinski definition) is 1. The van der Waals surface area contributed by atoms with Gasteiger partial charge in [-0.1, -0.05) is 33.1 Å². The summed E-state index contributed by atoms with van der Waals surface area (Å²) >= 11 is 5.82. The number of benzene rings is 2. The van der Waals surface area contributed by atoms with E-state index >= 15 is 0 Å². The summed E-state index contributed by atoms with van der Waals surface area (Å²) in [4.78, 5) is 36.6. The number of thiol groups is 1. The normalized spacial score (nSPS) is 11.1. The van der Waals surface area contributed by atoms with E-state index in [9.17, 15) is 14.4 Å². The van der Waals surface area contributed by atoms with Crippen LogP contribution in [0.25, 0.3) is 0 Å². The van der Waals surface area contributed by atoms with Gasteiger partial charge < -0.3 is 14.2 Å². The molecule has 2 aromatic rings. The minimum Gasteiger partial charge on any atom is -0.465 e. The van der Waals surface area contributed by atoms with Crippen LogP contribution in [0.2, 0.25) is 0 Å². The molecule has 0 heterocycles. The molecule has 6 nitrogen and oxygen atoms in total. The quantitative estimate of drug-likeness (QED) is 0.117. The van der Waals surface area contributed by atoms with E-state index in [4.69, 9.17) is 14.2 Å². The lowest BCUT2D eigenvalue weighted by Crippen LogP contribution is -2.14. The van der Waals surface area contributed by atoms with Crippen molar-refractivity contribution in [2.75, 3.05) is 26.1 Å². The summed E-state index contributed by atoms with van der Waals surface area (Å²) in [6.07, 6.45) is 4.93. The molecular weight excluding hydrogens is 520 g/mol. The summed E-state index contributed by atoms with van der Waals surface area (Å²) in [6.45, 7) is 10.9. The zero-order valence-corrected chi connectivity index (χ0v) is 25.2. The Balaban J connectivity index is 0.000000464. The number of ether oxygens (including phenoxy) is 3. The second kappa shape index (κ2) is 18.7. The van der Waals surface area contributed by atoms with Crippen molar-refractivity contribution >= 4 is 42.3 Å². The number of methoxy groups -OCH3 is 1. The van der Waals surface area contributed by atoms with Crippen molar-refractivity contribution in [2.24, 2.45) is 5.92 Å². The minimum absolute atomic E-state index is 0.133. The van der Waals surface area contributed by atoms with E-state index in [-0.39, 0.29) is 17.9 Å².